The third-order valence-electron chi connectivity index (χ3n) is 2.87. The van der Waals surface area contributed by atoms with E-state index in [0.717, 1.165) is 5.52 Å². The number of para-hydroxylation sites is 1. The summed E-state index contributed by atoms with van der Waals surface area (Å²) in [5.74, 6) is 1.29. The quantitative estimate of drug-likeness (QED) is 0.743. The van der Waals surface area contributed by atoms with E-state index in [4.69, 9.17) is 4.98 Å². The molecule has 0 bridgehead atoms. The standard InChI is InChI=1S/C13H17NS/c1-4-10(9(2)3)13-14-11-7-5-6-8-12(11)15-13/h5-10H,4H2,1-3H3. The van der Waals surface area contributed by atoms with Crippen LogP contribution in [0.2, 0.25) is 0 Å². The zero-order valence-electron chi connectivity index (χ0n) is 9.53. The summed E-state index contributed by atoms with van der Waals surface area (Å²) in [6.45, 7) is 6.80. The van der Waals surface area contributed by atoms with E-state index in [-0.39, 0.29) is 0 Å². The third kappa shape index (κ3) is 2.05. The van der Waals surface area contributed by atoms with Gasteiger partial charge in [-0.3, -0.25) is 0 Å². The largest absolute Gasteiger partial charge is 0.241 e. The van der Waals surface area contributed by atoms with Crippen molar-refractivity contribution in [3.05, 3.63) is 29.3 Å². The van der Waals surface area contributed by atoms with Crippen molar-refractivity contribution in [2.24, 2.45) is 5.92 Å². The van der Waals surface area contributed by atoms with Gasteiger partial charge in [0, 0.05) is 5.92 Å². The zero-order valence-corrected chi connectivity index (χ0v) is 10.3. The maximum absolute atomic E-state index is 4.72. The molecule has 2 rings (SSSR count). The van der Waals surface area contributed by atoms with Crippen LogP contribution in [0.4, 0.5) is 0 Å². The Morgan fingerprint density at radius 1 is 1.27 bits per heavy atom. The molecule has 1 nitrogen and oxygen atoms in total. The number of fused-ring (bicyclic) bond motifs is 1. The Labute approximate surface area is 95.2 Å². The summed E-state index contributed by atoms with van der Waals surface area (Å²) in [5, 5.41) is 1.30. The van der Waals surface area contributed by atoms with Crippen molar-refractivity contribution in [2.45, 2.75) is 33.1 Å². The molecule has 80 valence electrons. The van der Waals surface area contributed by atoms with Crippen molar-refractivity contribution < 1.29 is 0 Å². The van der Waals surface area contributed by atoms with Gasteiger partial charge >= 0.3 is 0 Å². The van der Waals surface area contributed by atoms with Gasteiger partial charge in [0.15, 0.2) is 0 Å². The molecular weight excluding hydrogens is 202 g/mol. The molecule has 2 heteroatoms. The van der Waals surface area contributed by atoms with Crippen LogP contribution in [0.5, 0.6) is 0 Å². The molecule has 0 aliphatic rings. The molecule has 15 heavy (non-hydrogen) atoms. The molecule has 1 unspecified atom stereocenters. The Morgan fingerprint density at radius 2 is 2.00 bits per heavy atom. The average molecular weight is 219 g/mol. The molecule has 1 atom stereocenters. The Balaban J connectivity index is 2.43. The fourth-order valence-corrected chi connectivity index (χ4v) is 3.30. The second-order valence-electron chi connectivity index (χ2n) is 4.28. The van der Waals surface area contributed by atoms with Crippen molar-refractivity contribution in [3.63, 3.8) is 0 Å². The zero-order chi connectivity index (χ0) is 10.8. The minimum absolute atomic E-state index is 0.613. The van der Waals surface area contributed by atoms with E-state index < -0.39 is 0 Å². The molecule has 0 spiro atoms. The SMILES string of the molecule is CCC(c1nc2ccccc2s1)C(C)C. The third-order valence-corrected chi connectivity index (χ3v) is 4.04. The molecule has 2 aromatic rings. The summed E-state index contributed by atoms with van der Waals surface area (Å²) < 4.78 is 1.31. The molecule has 0 saturated carbocycles. The Hall–Kier alpha value is -0.890. The average Bonchev–Trinajstić information content (AvgIpc) is 2.61. The van der Waals surface area contributed by atoms with Gasteiger partial charge in [0.05, 0.1) is 15.2 Å². The van der Waals surface area contributed by atoms with Gasteiger partial charge in [-0.15, -0.1) is 11.3 Å². The van der Waals surface area contributed by atoms with Crippen LogP contribution in [0.1, 0.15) is 38.1 Å². The molecule has 0 saturated heterocycles. The van der Waals surface area contributed by atoms with Gasteiger partial charge in [0.1, 0.15) is 0 Å². The number of aromatic nitrogens is 1. The van der Waals surface area contributed by atoms with Gasteiger partial charge in [-0.25, -0.2) is 4.98 Å². The van der Waals surface area contributed by atoms with E-state index in [0.29, 0.717) is 11.8 Å². The summed E-state index contributed by atoms with van der Waals surface area (Å²) in [7, 11) is 0. The predicted molar refractivity (Wildman–Crippen MR) is 67.5 cm³/mol. The van der Waals surface area contributed by atoms with Crippen LogP contribution < -0.4 is 0 Å². The highest BCUT2D eigenvalue weighted by molar-refractivity contribution is 7.18. The molecular formula is C13H17NS. The second-order valence-corrected chi connectivity index (χ2v) is 5.34. The minimum Gasteiger partial charge on any atom is -0.241 e. The maximum Gasteiger partial charge on any atom is 0.0971 e. The van der Waals surface area contributed by atoms with E-state index in [9.17, 15) is 0 Å². The number of hydrogen-bond acceptors (Lipinski definition) is 2. The number of hydrogen-bond donors (Lipinski definition) is 0. The molecule has 1 aromatic carbocycles. The maximum atomic E-state index is 4.72. The smallest absolute Gasteiger partial charge is 0.0971 e. The lowest BCUT2D eigenvalue weighted by molar-refractivity contribution is 0.484. The van der Waals surface area contributed by atoms with Crippen LogP contribution in [0.3, 0.4) is 0 Å². The molecule has 1 aromatic heterocycles. The van der Waals surface area contributed by atoms with Crippen LogP contribution in [-0.2, 0) is 0 Å². The fourth-order valence-electron chi connectivity index (χ4n) is 1.98. The fraction of sp³-hybridized carbons (Fsp3) is 0.462. The molecule has 0 radical (unpaired) electrons. The number of nitrogens with zero attached hydrogens (tertiary/aromatic N) is 1. The van der Waals surface area contributed by atoms with Crippen molar-refractivity contribution in [1.29, 1.82) is 0 Å². The Kier molecular flexibility index (Phi) is 3.06. The van der Waals surface area contributed by atoms with Gasteiger partial charge in [-0.2, -0.15) is 0 Å². The van der Waals surface area contributed by atoms with E-state index in [1.54, 1.807) is 0 Å². The number of benzene rings is 1. The van der Waals surface area contributed by atoms with Crippen LogP contribution >= 0.6 is 11.3 Å². The first-order chi connectivity index (χ1) is 7.22. The molecule has 0 fully saturated rings. The van der Waals surface area contributed by atoms with E-state index in [2.05, 4.69) is 45.0 Å². The molecule has 0 aliphatic heterocycles. The minimum atomic E-state index is 0.613. The molecule has 0 N–H and O–H groups in total. The summed E-state index contributed by atoms with van der Waals surface area (Å²) in [6.07, 6.45) is 1.18. The van der Waals surface area contributed by atoms with E-state index >= 15 is 0 Å². The molecule has 1 heterocycles. The van der Waals surface area contributed by atoms with E-state index in [1.165, 1.54) is 16.1 Å². The molecule has 0 aliphatic carbocycles. The van der Waals surface area contributed by atoms with Gasteiger partial charge in [0.2, 0.25) is 0 Å². The van der Waals surface area contributed by atoms with Gasteiger partial charge in [0.25, 0.3) is 0 Å². The van der Waals surface area contributed by atoms with Crippen molar-refractivity contribution in [3.8, 4) is 0 Å². The topological polar surface area (TPSA) is 12.9 Å². The first-order valence-electron chi connectivity index (χ1n) is 5.57. The summed E-state index contributed by atoms with van der Waals surface area (Å²) in [5.41, 5.74) is 1.15. The highest BCUT2D eigenvalue weighted by Gasteiger charge is 2.17. The first kappa shape index (κ1) is 10.6. The van der Waals surface area contributed by atoms with Crippen molar-refractivity contribution in [1.82, 2.24) is 4.98 Å². The van der Waals surface area contributed by atoms with Gasteiger partial charge in [-0.05, 0) is 24.5 Å². The second kappa shape index (κ2) is 4.31. The van der Waals surface area contributed by atoms with Crippen LogP contribution in [0.15, 0.2) is 24.3 Å². The van der Waals surface area contributed by atoms with Crippen molar-refractivity contribution in [2.75, 3.05) is 0 Å². The predicted octanol–water partition coefficient (Wildman–Crippen LogP) is 4.45. The molecule has 0 amide bonds. The summed E-state index contributed by atoms with van der Waals surface area (Å²) in [6, 6.07) is 8.40. The Bertz CT molecular complexity index is 411. The number of thiazole rings is 1. The number of rotatable bonds is 3. The monoisotopic (exact) mass is 219 g/mol. The summed E-state index contributed by atoms with van der Waals surface area (Å²) >= 11 is 1.85. The van der Waals surface area contributed by atoms with Crippen molar-refractivity contribution >= 4 is 21.6 Å². The Morgan fingerprint density at radius 3 is 2.60 bits per heavy atom. The van der Waals surface area contributed by atoms with Gasteiger partial charge < -0.3 is 0 Å². The first-order valence-corrected chi connectivity index (χ1v) is 6.39. The van der Waals surface area contributed by atoms with E-state index in [1.807, 2.05) is 11.3 Å². The lowest BCUT2D eigenvalue weighted by atomic mass is 9.94. The summed E-state index contributed by atoms with van der Waals surface area (Å²) in [4.78, 5) is 4.72. The van der Waals surface area contributed by atoms with Crippen LogP contribution in [0.25, 0.3) is 10.2 Å². The normalized spacial score (nSPS) is 13.6. The van der Waals surface area contributed by atoms with Gasteiger partial charge in [-0.1, -0.05) is 32.9 Å². The lowest BCUT2D eigenvalue weighted by Gasteiger charge is -2.15. The highest BCUT2D eigenvalue weighted by Crippen LogP contribution is 2.33. The van der Waals surface area contributed by atoms with Crippen LogP contribution in [-0.4, -0.2) is 4.98 Å². The highest BCUT2D eigenvalue weighted by atomic mass is 32.1. The lowest BCUT2D eigenvalue weighted by Crippen LogP contribution is -2.04. The van der Waals surface area contributed by atoms with Crippen LogP contribution in [0, 0.1) is 5.92 Å².